The van der Waals surface area contributed by atoms with Crippen molar-refractivity contribution in [2.45, 2.75) is 24.4 Å². The molecule has 0 bridgehead atoms. The molecule has 0 aromatic carbocycles. The molecule has 0 spiro atoms. The number of carboxylic acids is 1. The zero-order chi connectivity index (χ0) is 13.8. The van der Waals surface area contributed by atoms with Gasteiger partial charge in [-0.25, -0.2) is 18.2 Å². The highest BCUT2D eigenvalue weighted by Crippen LogP contribution is 2.08. The second-order valence-electron chi connectivity index (χ2n) is 3.44. The second-order valence-corrected chi connectivity index (χ2v) is 5.10. The van der Waals surface area contributed by atoms with Crippen molar-refractivity contribution >= 4 is 16.0 Å². The van der Waals surface area contributed by atoms with Crippen molar-refractivity contribution in [3.8, 4) is 12.3 Å². The van der Waals surface area contributed by atoms with Gasteiger partial charge in [0.15, 0.2) is 5.03 Å². The first kappa shape index (κ1) is 14.2. The summed E-state index contributed by atoms with van der Waals surface area (Å²) in [5.41, 5.74) is -0.0852. The molecule has 1 unspecified atom stereocenters. The maximum absolute atomic E-state index is 11.8. The minimum Gasteiger partial charge on any atom is -0.478 e. The summed E-state index contributed by atoms with van der Waals surface area (Å²) in [6, 6.07) is 1.67. The molecular weight excluding hydrogens is 256 g/mol. The summed E-state index contributed by atoms with van der Waals surface area (Å²) in [5, 5.41) is 8.41. The van der Waals surface area contributed by atoms with Crippen molar-refractivity contribution in [1.29, 1.82) is 0 Å². The van der Waals surface area contributed by atoms with Crippen LogP contribution in [0.25, 0.3) is 0 Å². The summed E-state index contributed by atoms with van der Waals surface area (Å²) in [4.78, 5) is 14.2. The quantitative estimate of drug-likeness (QED) is 0.757. The number of nitrogens with one attached hydrogen (secondary N) is 1. The number of sulfonamides is 1. The van der Waals surface area contributed by atoms with E-state index in [2.05, 4.69) is 15.6 Å². The molecule has 1 heterocycles. The Morgan fingerprint density at radius 1 is 1.61 bits per heavy atom. The van der Waals surface area contributed by atoms with Crippen molar-refractivity contribution in [1.82, 2.24) is 9.71 Å². The Balaban J connectivity index is 2.99. The van der Waals surface area contributed by atoms with E-state index < -0.39 is 22.0 Å². The van der Waals surface area contributed by atoms with Gasteiger partial charge in [-0.15, -0.1) is 6.42 Å². The number of nitrogens with zero attached hydrogens (tertiary/aromatic N) is 1. The van der Waals surface area contributed by atoms with Crippen LogP contribution in [0.15, 0.2) is 23.4 Å². The lowest BCUT2D eigenvalue weighted by Crippen LogP contribution is -2.33. The van der Waals surface area contributed by atoms with E-state index in [1.807, 2.05) is 0 Å². The fraction of sp³-hybridized carbons (Fsp3) is 0.273. The Kier molecular flexibility index (Phi) is 4.42. The number of pyridine rings is 1. The van der Waals surface area contributed by atoms with E-state index in [4.69, 9.17) is 11.5 Å². The molecule has 2 N–H and O–H groups in total. The van der Waals surface area contributed by atoms with Crippen LogP contribution < -0.4 is 4.72 Å². The lowest BCUT2D eigenvalue weighted by molar-refractivity contribution is 0.0696. The van der Waals surface area contributed by atoms with E-state index in [1.165, 1.54) is 6.07 Å². The van der Waals surface area contributed by atoms with Gasteiger partial charge in [-0.05, 0) is 18.6 Å². The van der Waals surface area contributed by atoms with Gasteiger partial charge in [0.25, 0.3) is 10.0 Å². The average molecular weight is 268 g/mol. The highest BCUT2D eigenvalue weighted by Gasteiger charge is 2.19. The Labute approximate surface area is 105 Å². The Hall–Kier alpha value is -1.91. The molecule has 0 saturated carbocycles. The van der Waals surface area contributed by atoms with Crippen LogP contribution in [0.1, 0.15) is 23.7 Å². The standard InChI is InChI=1S/C11H12N2O4S/c1-3-9(4-2)13-18(16,17)10-6-5-8(7-12-10)11(14)15/h1,5-7,9,13H,4H2,2H3,(H,14,15). The highest BCUT2D eigenvalue weighted by atomic mass is 32.2. The van der Waals surface area contributed by atoms with Crippen LogP contribution in [0.2, 0.25) is 0 Å². The second kappa shape index (κ2) is 5.62. The molecule has 0 aliphatic carbocycles. The van der Waals surface area contributed by atoms with Gasteiger partial charge in [0, 0.05) is 6.20 Å². The molecule has 6 nitrogen and oxygen atoms in total. The van der Waals surface area contributed by atoms with Crippen molar-refractivity contribution in [3.05, 3.63) is 23.9 Å². The summed E-state index contributed by atoms with van der Waals surface area (Å²) in [6.45, 7) is 1.74. The van der Waals surface area contributed by atoms with Gasteiger partial charge >= 0.3 is 5.97 Å². The maximum Gasteiger partial charge on any atom is 0.337 e. The molecule has 1 aromatic heterocycles. The summed E-state index contributed by atoms with van der Waals surface area (Å²) >= 11 is 0. The van der Waals surface area contributed by atoms with E-state index in [0.717, 1.165) is 12.3 Å². The smallest absolute Gasteiger partial charge is 0.337 e. The molecule has 0 aliphatic rings. The van der Waals surface area contributed by atoms with E-state index >= 15 is 0 Å². The van der Waals surface area contributed by atoms with Gasteiger partial charge in [-0.3, -0.25) is 0 Å². The number of carboxylic acid groups (broad SMARTS) is 1. The minimum atomic E-state index is -3.82. The fourth-order valence-corrected chi connectivity index (χ4v) is 2.32. The number of terminal acetylenes is 1. The van der Waals surface area contributed by atoms with Crippen molar-refractivity contribution < 1.29 is 18.3 Å². The Bertz CT molecular complexity index is 572. The predicted octanol–water partition coefficient (Wildman–Crippen LogP) is 0.470. The molecule has 96 valence electrons. The first-order valence-electron chi connectivity index (χ1n) is 5.08. The number of hydrogen-bond acceptors (Lipinski definition) is 4. The number of hydrogen-bond donors (Lipinski definition) is 2. The monoisotopic (exact) mass is 268 g/mol. The molecule has 0 amide bonds. The van der Waals surface area contributed by atoms with Gasteiger partial charge in [0.05, 0.1) is 11.6 Å². The van der Waals surface area contributed by atoms with Crippen LogP contribution in [0.5, 0.6) is 0 Å². The topological polar surface area (TPSA) is 96.4 Å². The van der Waals surface area contributed by atoms with Gasteiger partial charge in [0.2, 0.25) is 0 Å². The lowest BCUT2D eigenvalue weighted by Gasteiger charge is -2.10. The molecule has 0 saturated heterocycles. The summed E-state index contributed by atoms with van der Waals surface area (Å²) in [5.74, 6) is 1.12. The average Bonchev–Trinajstić information content (AvgIpc) is 2.36. The van der Waals surface area contributed by atoms with E-state index in [9.17, 15) is 13.2 Å². The summed E-state index contributed by atoms with van der Waals surface area (Å²) in [7, 11) is -3.82. The third kappa shape index (κ3) is 3.29. The van der Waals surface area contributed by atoms with Gasteiger partial charge in [-0.1, -0.05) is 12.8 Å². The zero-order valence-corrected chi connectivity index (χ0v) is 10.4. The molecule has 1 atom stereocenters. The van der Waals surface area contributed by atoms with Crippen molar-refractivity contribution in [3.63, 3.8) is 0 Å². The van der Waals surface area contributed by atoms with Crippen LogP contribution in [0.3, 0.4) is 0 Å². The number of rotatable bonds is 5. The molecule has 0 aliphatic heterocycles. The van der Waals surface area contributed by atoms with E-state index in [1.54, 1.807) is 6.92 Å². The molecule has 7 heteroatoms. The van der Waals surface area contributed by atoms with Crippen LogP contribution >= 0.6 is 0 Å². The third-order valence-corrected chi connectivity index (χ3v) is 3.55. The lowest BCUT2D eigenvalue weighted by atomic mass is 10.3. The SMILES string of the molecule is C#CC(CC)NS(=O)(=O)c1ccc(C(=O)O)cn1. The van der Waals surface area contributed by atoms with Crippen LogP contribution in [-0.4, -0.2) is 30.5 Å². The normalized spacial score (nSPS) is 12.7. The number of aromatic nitrogens is 1. The molecule has 18 heavy (non-hydrogen) atoms. The van der Waals surface area contributed by atoms with Gasteiger partial charge < -0.3 is 5.11 Å². The Morgan fingerprint density at radius 3 is 2.67 bits per heavy atom. The van der Waals surface area contributed by atoms with Crippen LogP contribution in [0, 0.1) is 12.3 Å². The third-order valence-electron chi connectivity index (χ3n) is 2.17. The fourth-order valence-electron chi connectivity index (χ4n) is 1.15. The Morgan fingerprint density at radius 2 is 2.28 bits per heavy atom. The molecule has 1 aromatic rings. The minimum absolute atomic E-state index is 0.0852. The van der Waals surface area contributed by atoms with Crippen molar-refractivity contribution in [2.24, 2.45) is 0 Å². The molecule has 1 rings (SSSR count). The number of carbonyl (C=O) groups is 1. The predicted molar refractivity (Wildman–Crippen MR) is 64.4 cm³/mol. The van der Waals surface area contributed by atoms with Gasteiger partial charge in [0.1, 0.15) is 0 Å². The molecule has 0 radical (unpaired) electrons. The van der Waals surface area contributed by atoms with E-state index in [0.29, 0.717) is 6.42 Å². The van der Waals surface area contributed by atoms with E-state index in [-0.39, 0.29) is 10.6 Å². The molecular formula is C11H12N2O4S. The van der Waals surface area contributed by atoms with Crippen LogP contribution in [-0.2, 0) is 10.0 Å². The van der Waals surface area contributed by atoms with Gasteiger partial charge in [-0.2, -0.15) is 4.72 Å². The number of aromatic carboxylic acids is 1. The summed E-state index contributed by atoms with van der Waals surface area (Å²) < 4.78 is 25.9. The zero-order valence-electron chi connectivity index (χ0n) is 9.62. The highest BCUT2D eigenvalue weighted by molar-refractivity contribution is 7.89. The largest absolute Gasteiger partial charge is 0.478 e. The molecule has 0 fully saturated rings. The first-order valence-corrected chi connectivity index (χ1v) is 6.57. The van der Waals surface area contributed by atoms with Crippen molar-refractivity contribution in [2.75, 3.05) is 0 Å². The van der Waals surface area contributed by atoms with Crippen LogP contribution in [0.4, 0.5) is 0 Å². The summed E-state index contributed by atoms with van der Waals surface area (Å²) in [6.07, 6.45) is 6.58. The first-order chi connectivity index (χ1) is 8.40. The maximum atomic E-state index is 11.8.